The number of urea groups is 1. The molecule has 1 fully saturated rings. The third kappa shape index (κ3) is 5.46. The van der Waals surface area contributed by atoms with E-state index in [0.717, 1.165) is 37.4 Å². The molecule has 9 heteroatoms. The molecule has 3 heterocycles. The van der Waals surface area contributed by atoms with Crippen molar-refractivity contribution in [3.05, 3.63) is 23.6 Å². The maximum atomic E-state index is 11.9. The highest BCUT2D eigenvalue weighted by atomic mass is 32.1. The van der Waals surface area contributed by atoms with Crippen LogP contribution in [0, 0.1) is 0 Å². The van der Waals surface area contributed by atoms with Gasteiger partial charge < -0.3 is 20.3 Å². The highest BCUT2D eigenvalue weighted by Crippen LogP contribution is 2.27. The first kappa shape index (κ1) is 19.2. The van der Waals surface area contributed by atoms with Crippen LogP contribution in [0.25, 0.3) is 10.6 Å². The van der Waals surface area contributed by atoms with Crippen LogP contribution in [0.3, 0.4) is 0 Å². The Morgan fingerprint density at radius 2 is 2.22 bits per heavy atom. The molecule has 0 atom stereocenters. The molecule has 2 aromatic heterocycles. The predicted octanol–water partition coefficient (Wildman–Crippen LogP) is 2.36. The number of aromatic amines is 1. The van der Waals surface area contributed by atoms with Crippen LogP contribution in [0.2, 0.25) is 0 Å². The summed E-state index contributed by atoms with van der Waals surface area (Å²) in [6.45, 7) is 4.07. The summed E-state index contributed by atoms with van der Waals surface area (Å²) < 4.78 is 4.83. The van der Waals surface area contributed by atoms with E-state index in [-0.39, 0.29) is 31.0 Å². The SMILES string of the molecule is CCOC(=O)CCNC(=O)NC1CCN(c2cc(-c3cccs3)[nH]n2)CC1. The van der Waals surface area contributed by atoms with Crippen LogP contribution in [0.15, 0.2) is 23.6 Å². The number of nitrogens with zero attached hydrogens (tertiary/aromatic N) is 2. The number of rotatable bonds is 7. The van der Waals surface area contributed by atoms with Crippen LogP contribution in [0.4, 0.5) is 10.6 Å². The Hall–Kier alpha value is -2.55. The number of H-pyrrole nitrogens is 1. The lowest BCUT2D eigenvalue weighted by molar-refractivity contribution is -0.142. The van der Waals surface area contributed by atoms with Gasteiger partial charge in [0.05, 0.1) is 23.6 Å². The van der Waals surface area contributed by atoms with E-state index in [4.69, 9.17) is 4.74 Å². The summed E-state index contributed by atoms with van der Waals surface area (Å²) in [4.78, 5) is 26.6. The Labute approximate surface area is 162 Å². The van der Waals surface area contributed by atoms with Crippen LogP contribution in [-0.4, -0.2) is 54.5 Å². The van der Waals surface area contributed by atoms with Gasteiger partial charge in [0.25, 0.3) is 0 Å². The van der Waals surface area contributed by atoms with Crippen molar-refractivity contribution in [2.24, 2.45) is 0 Å². The number of carbonyl (C=O) groups excluding carboxylic acids is 2. The van der Waals surface area contributed by atoms with E-state index in [1.165, 1.54) is 4.88 Å². The Bertz CT molecular complexity index is 738. The molecule has 8 nitrogen and oxygen atoms in total. The lowest BCUT2D eigenvalue weighted by atomic mass is 10.1. The number of nitrogens with one attached hydrogen (secondary N) is 3. The van der Waals surface area contributed by atoms with Crippen LogP contribution in [-0.2, 0) is 9.53 Å². The van der Waals surface area contributed by atoms with Crippen LogP contribution in [0.5, 0.6) is 0 Å². The third-order valence-corrected chi connectivity index (χ3v) is 5.33. The van der Waals surface area contributed by atoms with Crippen molar-refractivity contribution in [2.75, 3.05) is 31.1 Å². The molecule has 3 N–H and O–H groups in total. The van der Waals surface area contributed by atoms with Crippen molar-refractivity contribution in [1.29, 1.82) is 0 Å². The van der Waals surface area contributed by atoms with Crippen molar-refractivity contribution in [3.63, 3.8) is 0 Å². The van der Waals surface area contributed by atoms with E-state index in [9.17, 15) is 9.59 Å². The Balaban J connectivity index is 1.39. The van der Waals surface area contributed by atoms with Crippen molar-refractivity contribution in [2.45, 2.75) is 32.2 Å². The number of hydrogen-bond donors (Lipinski definition) is 3. The zero-order chi connectivity index (χ0) is 19.1. The van der Waals surface area contributed by atoms with Gasteiger partial charge in [-0.05, 0) is 31.2 Å². The van der Waals surface area contributed by atoms with Gasteiger partial charge in [0.15, 0.2) is 5.82 Å². The molecule has 0 radical (unpaired) electrons. The average Bonchev–Trinajstić information content (AvgIpc) is 3.34. The van der Waals surface area contributed by atoms with Gasteiger partial charge >= 0.3 is 12.0 Å². The predicted molar refractivity (Wildman–Crippen MR) is 105 cm³/mol. The van der Waals surface area contributed by atoms with Gasteiger partial charge in [-0.1, -0.05) is 6.07 Å². The summed E-state index contributed by atoms with van der Waals surface area (Å²) in [5.74, 6) is 0.641. The monoisotopic (exact) mass is 391 g/mol. The summed E-state index contributed by atoms with van der Waals surface area (Å²) in [5.41, 5.74) is 1.03. The van der Waals surface area contributed by atoms with Crippen LogP contribution < -0.4 is 15.5 Å². The molecule has 146 valence electrons. The van der Waals surface area contributed by atoms with Gasteiger partial charge in [0.1, 0.15) is 0 Å². The van der Waals surface area contributed by atoms with Crippen molar-refractivity contribution >= 4 is 29.2 Å². The quantitative estimate of drug-likeness (QED) is 0.629. The van der Waals surface area contributed by atoms with E-state index in [1.54, 1.807) is 18.3 Å². The Morgan fingerprint density at radius 3 is 2.93 bits per heavy atom. The summed E-state index contributed by atoms with van der Waals surface area (Å²) in [6.07, 6.45) is 1.89. The molecular weight excluding hydrogens is 366 g/mol. The minimum atomic E-state index is -0.299. The molecule has 2 aromatic rings. The van der Waals surface area contributed by atoms with E-state index in [1.807, 2.05) is 11.4 Å². The fraction of sp³-hybridized carbons (Fsp3) is 0.500. The Morgan fingerprint density at radius 1 is 1.41 bits per heavy atom. The second-order valence-electron chi connectivity index (χ2n) is 6.33. The number of carbonyl (C=O) groups is 2. The van der Waals surface area contributed by atoms with E-state index < -0.39 is 0 Å². The molecule has 1 saturated heterocycles. The number of amides is 2. The molecule has 1 aliphatic rings. The summed E-state index contributed by atoms with van der Waals surface area (Å²) in [5, 5.41) is 15.2. The van der Waals surface area contributed by atoms with Crippen molar-refractivity contribution < 1.29 is 14.3 Å². The summed E-state index contributed by atoms with van der Waals surface area (Å²) in [7, 11) is 0. The zero-order valence-corrected chi connectivity index (χ0v) is 16.2. The largest absolute Gasteiger partial charge is 0.466 e. The molecule has 0 saturated carbocycles. The van der Waals surface area contributed by atoms with Gasteiger partial charge in [-0.15, -0.1) is 11.3 Å². The van der Waals surface area contributed by atoms with Gasteiger partial charge in [0.2, 0.25) is 0 Å². The first-order chi connectivity index (χ1) is 13.2. The fourth-order valence-electron chi connectivity index (χ4n) is 3.03. The molecule has 0 aliphatic carbocycles. The molecule has 1 aliphatic heterocycles. The standard InChI is InChI=1S/C18H25N5O3S/c1-2-26-17(24)5-8-19-18(25)20-13-6-9-23(10-7-13)16-12-14(21-22-16)15-4-3-11-27-15/h3-4,11-13H,2,5-10H2,1H3,(H,21,22)(H2,19,20,25). The van der Waals surface area contributed by atoms with E-state index in [0.29, 0.717) is 6.61 Å². The minimum absolute atomic E-state index is 0.125. The number of thiophene rings is 1. The lowest BCUT2D eigenvalue weighted by Crippen LogP contribution is -2.48. The maximum absolute atomic E-state index is 11.9. The number of esters is 1. The third-order valence-electron chi connectivity index (χ3n) is 4.43. The molecule has 2 amide bonds. The van der Waals surface area contributed by atoms with Gasteiger partial charge in [-0.2, -0.15) is 5.10 Å². The fourth-order valence-corrected chi connectivity index (χ4v) is 3.72. The van der Waals surface area contributed by atoms with E-state index >= 15 is 0 Å². The number of piperidine rings is 1. The normalized spacial score (nSPS) is 14.8. The van der Waals surface area contributed by atoms with Crippen molar-refractivity contribution in [1.82, 2.24) is 20.8 Å². The molecule has 27 heavy (non-hydrogen) atoms. The first-order valence-electron chi connectivity index (χ1n) is 9.20. The minimum Gasteiger partial charge on any atom is -0.466 e. The molecular formula is C18H25N5O3S. The number of aromatic nitrogens is 2. The van der Waals surface area contributed by atoms with E-state index in [2.05, 4.69) is 37.9 Å². The summed E-state index contributed by atoms with van der Waals surface area (Å²) in [6, 6.07) is 6.05. The number of hydrogen-bond acceptors (Lipinski definition) is 6. The second kappa shape index (κ2) is 9.40. The molecule has 0 aromatic carbocycles. The Kier molecular flexibility index (Phi) is 6.69. The highest BCUT2D eigenvalue weighted by molar-refractivity contribution is 7.13. The number of ether oxygens (including phenoxy) is 1. The topological polar surface area (TPSA) is 99.3 Å². The molecule has 0 spiro atoms. The highest BCUT2D eigenvalue weighted by Gasteiger charge is 2.22. The first-order valence-corrected chi connectivity index (χ1v) is 10.1. The summed E-state index contributed by atoms with van der Waals surface area (Å²) >= 11 is 1.68. The van der Waals surface area contributed by atoms with Crippen LogP contribution in [0.1, 0.15) is 26.2 Å². The molecule has 0 bridgehead atoms. The van der Waals surface area contributed by atoms with Gasteiger partial charge in [-0.3, -0.25) is 9.89 Å². The maximum Gasteiger partial charge on any atom is 0.315 e. The lowest BCUT2D eigenvalue weighted by Gasteiger charge is -2.32. The van der Waals surface area contributed by atoms with Crippen molar-refractivity contribution in [3.8, 4) is 10.6 Å². The number of anilines is 1. The smallest absolute Gasteiger partial charge is 0.315 e. The molecule has 3 rings (SSSR count). The van der Waals surface area contributed by atoms with Gasteiger partial charge in [0, 0.05) is 31.7 Å². The zero-order valence-electron chi connectivity index (χ0n) is 15.4. The average molecular weight is 391 g/mol. The molecule has 0 unspecified atom stereocenters. The van der Waals surface area contributed by atoms with Crippen LogP contribution >= 0.6 is 11.3 Å². The van der Waals surface area contributed by atoms with Gasteiger partial charge in [-0.25, -0.2) is 4.79 Å². The second-order valence-corrected chi connectivity index (χ2v) is 7.28.